The van der Waals surface area contributed by atoms with Gasteiger partial charge < -0.3 is 5.32 Å². The predicted octanol–water partition coefficient (Wildman–Crippen LogP) is 5.33. The van der Waals surface area contributed by atoms with Crippen molar-refractivity contribution in [3.05, 3.63) is 34.1 Å². The predicted molar refractivity (Wildman–Crippen MR) is 91.0 cm³/mol. The number of hydrogen-bond acceptors (Lipinski definition) is 1. The maximum Gasteiger partial charge on any atom is 0.124 e. The smallest absolute Gasteiger partial charge is 0.124 e. The lowest BCUT2D eigenvalue weighted by Crippen LogP contribution is -2.40. The van der Waals surface area contributed by atoms with Crippen LogP contribution in [0.1, 0.15) is 51.5 Å². The van der Waals surface area contributed by atoms with Gasteiger partial charge in [0, 0.05) is 10.5 Å². The summed E-state index contributed by atoms with van der Waals surface area (Å²) in [5.74, 6) is 1.46. The van der Waals surface area contributed by atoms with Gasteiger partial charge in [-0.2, -0.15) is 0 Å². The molecule has 0 aromatic heterocycles. The Hall–Kier alpha value is -0.410. The fourth-order valence-corrected chi connectivity index (χ4v) is 3.92. The molecule has 1 aliphatic rings. The van der Waals surface area contributed by atoms with Crippen LogP contribution in [-0.4, -0.2) is 12.6 Å². The molecular formula is C18H27BrFN. The molecule has 21 heavy (non-hydrogen) atoms. The van der Waals surface area contributed by atoms with Crippen LogP contribution in [0, 0.1) is 17.7 Å². The largest absolute Gasteiger partial charge is 0.313 e. The molecule has 0 aliphatic heterocycles. The number of hydrogen-bond donors (Lipinski definition) is 1. The van der Waals surface area contributed by atoms with E-state index in [1.165, 1.54) is 31.7 Å². The summed E-state index contributed by atoms with van der Waals surface area (Å²) >= 11 is 3.40. The molecule has 1 saturated carbocycles. The highest BCUT2D eigenvalue weighted by atomic mass is 79.9. The van der Waals surface area contributed by atoms with Crippen molar-refractivity contribution in [1.29, 1.82) is 0 Å². The van der Waals surface area contributed by atoms with Gasteiger partial charge in [0.15, 0.2) is 0 Å². The first kappa shape index (κ1) is 17.0. The third kappa shape index (κ3) is 5.37. The molecule has 1 nitrogen and oxygen atoms in total. The minimum absolute atomic E-state index is 0.147. The molecule has 0 amide bonds. The highest BCUT2D eigenvalue weighted by Gasteiger charge is 2.26. The normalized spacial score (nSPS) is 24.0. The van der Waals surface area contributed by atoms with Crippen molar-refractivity contribution in [3.63, 3.8) is 0 Å². The quantitative estimate of drug-likeness (QED) is 0.727. The minimum Gasteiger partial charge on any atom is -0.313 e. The minimum atomic E-state index is -0.147. The molecule has 1 aliphatic carbocycles. The van der Waals surface area contributed by atoms with Crippen LogP contribution in [0.3, 0.4) is 0 Å². The lowest BCUT2D eigenvalue weighted by atomic mass is 9.77. The topological polar surface area (TPSA) is 12.0 Å². The fourth-order valence-electron chi connectivity index (χ4n) is 3.41. The summed E-state index contributed by atoms with van der Waals surface area (Å²) in [4.78, 5) is 0. The zero-order chi connectivity index (χ0) is 15.2. The SMILES string of the molecule is CCCNC(Cc1cc(F)cc(Br)c1)C1CCC(C)CC1. The first-order valence-electron chi connectivity index (χ1n) is 8.26. The van der Waals surface area contributed by atoms with Crippen LogP contribution in [0.2, 0.25) is 0 Å². The highest BCUT2D eigenvalue weighted by molar-refractivity contribution is 9.10. The van der Waals surface area contributed by atoms with E-state index in [0.717, 1.165) is 41.3 Å². The van der Waals surface area contributed by atoms with E-state index in [0.29, 0.717) is 6.04 Å². The summed E-state index contributed by atoms with van der Waals surface area (Å²) in [6.07, 6.45) is 7.35. The maximum atomic E-state index is 13.6. The van der Waals surface area contributed by atoms with E-state index < -0.39 is 0 Å². The van der Waals surface area contributed by atoms with Crippen molar-refractivity contribution in [1.82, 2.24) is 5.32 Å². The molecule has 3 heteroatoms. The Labute approximate surface area is 136 Å². The zero-order valence-corrected chi connectivity index (χ0v) is 14.8. The molecule has 1 fully saturated rings. The number of halogens is 2. The second-order valence-electron chi connectivity index (χ2n) is 6.56. The van der Waals surface area contributed by atoms with E-state index in [4.69, 9.17) is 0 Å². The van der Waals surface area contributed by atoms with Crippen LogP contribution in [0.15, 0.2) is 22.7 Å². The summed E-state index contributed by atoms with van der Waals surface area (Å²) in [6, 6.07) is 5.73. The Kier molecular flexibility index (Phi) is 6.69. The standard InChI is InChI=1S/C18H27BrFN/c1-3-8-21-18(15-6-4-13(2)5-7-15)11-14-9-16(19)12-17(20)10-14/h9-10,12-13,15,18,21H,3-8,11H2,1-2H3. The van der Waals surface area contributed by atoms with Crippen LogP contribution < -0.4 is 5.32 Å². The van der Waals surface area contributed by atoms with Gasteiger partial charge in [-0.15, -0.1) is 0 Å². The Morgan fingerprint density at radius 3 is 2.57 bits per heavy atom. The maximum absolute atomic E-state index is 13.6. The van der Waals surface area contributed by atoms with Crippen molar-refractivity contribution >= 4 is 15.9 Å². The zero-order valence-electron chi connectivity index (χ0n) is 13.2. The first-order valence-corrected chi connectivity index (χ1v) is 9.06. The second-order valence-corrected chi connectivity index (χ2v) is 7.48. The molecule has 0 radical (unpaired) electrons. The monoisotopic (exact) mass is 355 g/mol. The van der Waals surface area contributed by atoms with E-state index in [1.54, 1.807) is 6.07 Å². The van der Waals surface area contributed by atoms with Gasteiger partial charge in [-0.3, -0.25) is 0 Å². The second kappa shape index (κ2) is 8.28. The van der Waals surface area contributed by atoms with Gasteiger partial charge in [-0.05, 0) is 67.8 Å². The Morgan fingerprint density at radius 2 is 1.95 bits per heavy atom. The van der Waals surface area contributed by atoms with Crippen LogP contribution in [0.5, 0.6) is 0 Å². The fraction of sp³-hybridized carbons (Fsp3) is 0.667. The van der Waals surface area contributed by atoms with Gasteiger partial charge in [0.2, 0.25) is 0 Å². The van der Waals surface area contributed by atoms with Crippen molar-refractivity contribution < 1.29 is 4.39 Å². The lowest BCUT2D eigenvalue weighted by molar-refractivity contribution is 0.229. The average molecular weight is 356 g/mol. The molecule has 0 heterocycles. The summed E-state index contributed by atoms with van der Waals surface area (Å²) in [7, 11) is 0. The summed E-state index contributed by atoms with van der Waals surface area (Å²) in [5, 5.41) is 3.70. The Bertz CT molecular complexity index is 421. The van der Waals surface area contributed by atoms with Crippen LogP contribution in [0.25, 0.3) is 0 Å². The summed E-state index contributed by atoms with van der Waals surface area (Å²) in [6.45, 7) is 5.60. The molecule has 118 valence electrons. The number of nitrogens with one attached hydrogen (secondary N) is 1. The van der Waals surface area contributed by atoms with E-state index in [9.17, 15) is 4.39 Å². The van der Waals surface area contributed by atoms with E-state index >= 15 is 0 Å². The third-order valence-electron chi connectivity index (χ3n) is 4.66. The average Bonchev–Trinajstić information content (AvgIpc) is 2.43. The number of rotatable bonds is 6. The van der Waals surface area contributed by atoms with Crippen molar-refractivity contribution in [2.24, 2.45) is 11.8 Å². The summed E-state index contributed by atoms with van der Waals surface area (Å²) in [5.41, 5.74) is 1.09. The van der Waals surface area contributed by atoms with Gasteiger partial charge in [-0.1, -0.05) is 42.6 Å². The van der Waals surface area contributed by atoms with E-state index in [1.807, 2.05) is 0 Å². The molecule has 0 saturated heterocycles. The Morgan fingerprint density at radius 1 is 1.24 bits per heavy atom. The van der Waals surface area contributed by atoms with Gasteiger partial charge >= 0.3 is 0 Å². The lowest BCUT2D eigenvalue weighted by Gasteiger charge is -2.33. The highest BCUT2D eigenvalue weighted by Crippen LogP contribution is 2.32. The van der Waals surface area contributed by atoms with Crippen LogP contribution in [0.4, 0.5) is 4.39 Å². The molecule has 1 atom stereocenters. The molecule has 1 unspecified atom stereocenters. The van der Waals surface area contributed by atoms with Gasteiger partial charge in [0.25, 0.3) is 0 Å². The van der Waals surface area contributed by atoms with Gasteiger partial charge in [0.05, 0.1) is 0 Å². The molecule has 0 spiro atoms. The number of benzene rings is 1. The molecule has 0 bridgehead atoms. The van der Waals surface area contributed by atoms with Crippen LogP contribution >= 0.6 is 15.9 Å². The third-order valence-corrected chi connectivity index (χ3v) is 5.12. The van der Waals surface area contributed by atoms with E-state index in [2.05, 4.69) is 41.2 Å². The molecule has 2 rings (SSSR count). The molecule has 1 aromatic rings. The molecular weight excluding hydrogens is 329 g/mol. The van der Waals surface area contributed by atoms with Gasteiger partial charge in [0.1, 0.15) is 5.82 Å². The van der Waals surface area contributed by atoms with E-state index in [-0.39, 0.29) is 5.82 Å². The molecule has 1 N–H and O–H groups in total. The molecule has 1 aromatic carbocycles. The van der Waals surface area contributed by atoms with Crippen molar-refractivity contribution in [2.45, 2.75) is 58.4 Å². The summed E-state index contributed by atoms with van der Waals surface area (Å²) < 4.78 is 14.4. The van der Waals surface area contributed by atoms with Crippen molar-refractivity contribution in [2.75, 3.05) is 6.54 Å². The van der Waals surface area contributed by atoms with Crippen LogP contribution in [-0.2, 0) is 6.42 Å². The van der Waals surface area contributed by atoms with Gasteiger partial charge in [-0.25, -0.2) is 4.39 Å². The Balaban J connectivity index is 2.04. The van der Waals surface area contributed by atoms with Crippen molar-refractivity contribution in [3.8, 4) is 0 Å². The first-order chi connectivity index (χ1) is 10.1.